The normalized spacial score (nSPS) is 17.1. The Labute approximate surface area is 105 Å². The van der Waals surface area contributed by atoms with E-state index in [0.717, 1.165) is 6.07 Å². The third-order valence-electron chi connectivity index (χ3n) is 2.49. The lowest BCUT2D eigenvalue weighted by Crippen LogP contribution is -2.04. The number of thioether (sulfide) groups is 1. The Hall–Kier alpha value is -0.810. The Kier molecular flexibility index (Phi) is 3.32. The van der Waals surface area contributed by atoms with Crippen LogP contribution < -0.4 is 0 Å². The maximum absolute atomic E-state index is 13.1. The van der Waals surface area contributed by atoms with E-state index in [0.29, 0.717) is 21.5 Å². The molecule has 0 amide bonds. The van der Waals surface area contributed by atoms with E-state index in [4.69, 9.17) is 0 Å². The van der Waals surface area contributed by atoms with Crippen molar-refractivity contribution >= 4 is 27.7 Å². The molecule has 2 nitrogen and oxygen atoms in total. The zero-order valence-corrected chi connectivity index (χ0v) is 11.2. The van der Waals surface area contributed by atoms with Crippen LogP contribution in [-0.4, -0.2) is 19.4 Å². The number of sulfone groups is 1. The van der Waals surface area contributed by atoms with Crippen molar-refractivity contribution in [3.63, 3.8) is 0 Å². The highest BCUT2D eigenvalue weighted by atomic mass is 32.2. The second kappa shape index (κ2) is 4.46. The number of halogens is 1. The zero-order chi connectivity index (χ0) is 12.6. The molecule has 0 aromatic heterocycles. The van der Waals surface area contributed by atoms with Gasteiger partial charge in [-0.05, 0) is 29.0 Å². The van der Waals surface area contributed by atoms with Crippen LogP contribution in [0.3, 0.4) is 0 Å². The van der Waals surface area contributed by atoms with Crippen molar-refractivity contribution < 1.29 is 12.8 Å². The SMILES string of the molecule is CC(C)SCC1=Cc2ccc(F)cc2S1(=O)=O. The Morgan fingerprint density at radius 1 is 1.35 bits per heavy atom. The molecule has 0 aliphatic carbocycles. The molecule has 1 aromatic carbocycles. The molecule has 0 unspecified atom stereocenters. The van der Waals surface area contributed by atoms with Gasteiger partial charge in [0.1, 0.15) is 5.82 Å². The first kappa shape index (κ1) is 12.6. The van der Waals surface area contributed by atoms with Gasteiger partial charge in [-0.3, -0.25) is 0 Å². The second-order valence-corrected chi connectivity index (χ2v) is 7.69. The van der Waals surface area contributed by atoms with E-state index in [1.54, 1.807) is 17.8 Å². The lowest BCUT2D eigenvalue weighted by Gasteiger charge is -2.06. The minimum absolute atomic E-state index is 0.0943. The average molecular weight is 272 g/mol. The lowest BCUT2D eigenvalue weighted by atomic mass is 10.2. The molecule has 0 atom stereocenters. The number of fused-ring (bicyclic) bond motifs is 1. The molecule has 1 aliphatic heterocycles. The van der Waals surface area contributed by atoms with Crippen LogP contribution in [0.2, 0.25) is 0 Å². The molecule has 0 saturated carbocycles. The second-order valence-electron chi connectivity index (χ2n) is 4.16. The summed E-state index contributed by atoms with van der Waals surface area (Å²) in [6, 6.07) is 3.88. The van der Waals surface area contributed by atoms with E-state index >= 15 is 0 Å². The topological polar surface area (TPSA) is 34.1 Å². The van der Waals surface area contributed by atoms with Gasteiger partial charge in [0.05, 0.1) is 9.80 Å². The third kappa shape index (κ3) is 2.40. The average Bonchev–Trinajstić information content (AvgIpc) is 2.48. The molecule has 0 N–H and O–H groups in total. The largest absolute Gasteiger partial charge is 0.219 e. The van der Waals surface area contributed by atoms with Crippen molar-refractivity contribution in [3.05, 3.63) is 34.5 Å². The molecule has 1 heterocycles. The fourth-order valence-electron chi connectivity index (χ4n) is 1.62. The summed E-state index contributed by atoms with van der Waals surface area (Å²) in [7, 11) is -3.46. The van der Waals surface area contributed by atoms with Gasteiger partial charge in [0, 0.05) is 5.75 Å². The Morgan fingerprint density at radius 3 is 2.71 bits per heavy atom. The van der Waals surface area contributed by atoms with Crippen LogP contribution in [0.25, 0.3) is 6.08 Å². The molecule has 5 heteroatoms. The van der Waals surface area contributed by atoms with Gasteiger partial charge in [-0.25, -0.2) is 12.8 Å². The predicted octanol–water partition coefficient (Wildman–Crippen LogP) is 3.10. The number of rotatable bonds is 3. The lowest BCUT2D eigenvalue weighted by molar-refractivity contribution is 0.597. The van der Waals surface area contributed by atoms with E-state index in [1.165, 1.54) is 12.1 Å². The predicted molar refractivity (Wildman–Crippen MR) is 69.2 cm³/mol. The summed E-state index contributed by atoms with van der Waals surface area (Å²) in [4.78, 5) is 0.466. The first-order valence-corrected chi connectivity index (χ1v) is 7.81. The van der Waals surface area contributed by atoms with E-state index in [-0.39, 0.29) is 4.90 Å². The van der Waals surface area contributed by atoms with Gasteiger partial charge in [-0.15, -0.1) is 0 Å². The van der Waals surface area contributed by atoms with E-state index < -0.39 is 15.7 Å². The molecular formula is C12H13FO2S2. The highest BCUT2D eigenvalue weighted by Gasteiger charge is 2.29. The Bertz CT molecular complexity index is 574. The number of hydrogen-bond donors (Lipinski definition) is 0. The van der Waals surface area contributed by atoms with E-state index in [1.807, 2.05) is 13.8 Å². The summed E-state index contributed by atoms with van der Waals surface area (Å²) in [6.45, 7) is 4.03. The van der Waals surface area contributed by atoms with Gasteiger partial charge in [0.15, 0.2) is 0 Å². The molecular weight excluding hydrogens is 259 g/mol. The Morgan fingerprint density at radius 2 is 2.06 bits per heavy atom. The minimum atomic E-state index is -3.46. The highest BCUT2D eigenvalue weighted by Crippen LogP contribution is 2.35. The molecule has 0 bridgehead atoms. The molecule has 0 radical (unpaired) electrons. The maximum Gasteiger partial charge on any atom is 0.204 e. The molecule has 2 rings (SSSR count). The van der Waals surface area contributed by atoms with Crippen LogP contribution in [0.5, 0.6) is 0 Å². The van der Waals surface area contributed by atoms with Gasteiger partial charge in [0.25, 0.3) is 0 Å². The molecule has 1 aromatic rings. The van der Waals surface area contributed by atoms with E-state index in [2.05, 4.69) is 0 Å². The summed E-state index contributed by atoms with van der Waals surface area (Å²) >= 11 is 1.56. The summed E-state index contributed by atoms with van der Waals surface area (Å²) in [6.07, 6.45) is 1.64. The number of benzene rings is 1. The van der Waals surface area contributed by atoms with Crippen LogP contribution in [0.4, 0.5) is 4.39 Å². The van der Waals surface area contributed by atoms with Crippen LogP contribution in [-0.2, 0) is 9.84 Å². The molecule has 0 fully saturated rings. The van der Waals surface area contributed by atoms with Crippen LogP contribution in [0.15, 0.2) is 28.0 Å². The van der Waals surface area contributed by atoms with E-state index in [9.17, 15) is 12.8 Å². The monoisotopic (exact) mass is 272 g/mol. The van der Waals surface area contributed by atoms with Crippen molar-refractivity contribution in [2.75, 3.05) is 5.75 Å². The van der Waals surface area contributed by atoms with Crippen LogP contribution in [0, 0.1) is 5.82 Å². The van der Waals surface area contributed by atoms with Crippen molar-refractivity contribution in [1.29, 1.82) is 0 Å². The van der Waals surface area contributed by atoms with Crippen molar-refractivity contribution in [3.8, 4) is 0 Å². The Balaban J connectivity index is 2.36. The fourth-order valence-corrected chi connectivity index (χ4v) is 4.30. The molecule has 0 saturated heterocycles. The first-order valence-electron chi connectivity index (χ1n) is 5.28. The van der Waals surface area contributed by atoms with Crippen LogP contribution >= 0.6 is 11.8 Å². The highest BCUT2D eigenvalue weighted by molar-refractivity contribution is 8.02. The summed E-state index contributed by atoms with van der Waals surface area (Å²) < 4.78 is 37.3. The van der Waals surface area contributed by atoms with Gasteiger partial charge in [-0.1, -0.05) is 19.9 Å². The molecule has 1 aliphatic rings. The molecule has 0 spiro atoms. The fraction of sp³-hybridized carbons (Fsp3) is 0.333. The molecule has 92 valence electrons. The van der Waals surface area contributed by atoms with Crippen LogP contribution in [0.1, 0.15) is 19.4 Å². The quantitative estimate of drug-likeness (QED) is 0.848. The van der Waals surface area contributed by atoms with Crippen molar-refractivity contribution in [2.45, 2.75) is 24.0 Å². The first-order chi connectivity index (χ1) is 7.91. The zero-order valence-electron chi connectivity index (χ0n) is 9.60. The van der Waals surface area contributed by atoms with Gasteiger partial charge in [-0.2, -0.15) is 11.8 Å². The maximum atomic E-state index is 13.1. The minimum Gasteiger partial charge on any atom is -0.219 e. The van der Waals surface area contributed by atoms with Gasteiger partial charge in [0.2, 0.25) is 9.84 Å². The standard InChI is InChI=1S/C12H13FO2S2/c1-8(2)16-7-11-5-9-3-4-10(13)6-12(9)17(11,14)15/h3-6,8H,7H2,1-2H3. The summed E-state index contributed by atoms with van der Waals surface area (Å²) in [5, 5.41) is 0.367. The third-order valence-corrected chi connectivity index (χ3v) is 5.70. The number of hydrogen-bond acceptors (Lipinski definition) is 3. The summed E-state index contributed by atoms with van der Waals surface area (Å²) in [5.41, 5.74) is 0.589. The van der Waals surface area contributed by atoms with Crippen molar-refractivity contribution in [1.82, 2.24) is 0 Å². The van der Waals surface area contributed by atoms with Gasteiger partial charge < -0.3 is 0 Å². The van der Waals surface area contributed by atoms with Gasteiger partial charge >= 0.3 is 0 Å². The molecule has 17 heavy (non-hydrogen) atoms. The summed E-state index contributed by atoms with van der Waals surface area (Å²) in [5.74, 6) is -0.0745. The smallest absolute Gasteiger partial charge is 0.204 e. The van der Waals surface area contributed by atoms with Crippen molar-refractivity contribution in [2.24, 2.45) is 0 Å².